The highest BCUT2D eigenvalue weighted by Gasteiger charge is 2.31. The van der Waals surface area contributed by atoms with Gasteiger partial charge in [0.25, 0.3) is 0 Å². The van der Waals surface area contributed by atoms with Crippen molar-refractivity contribution in [3.8, 4) is 0 Å². The van der Waals surface area contributed by atoms with Gasteiger partial charge >= 0.3 is 0 Å². The van der Waals surface area contributed by atoms with E-state index in [9.17, 15) is 8.42 Å². The Morgan fingerprint density at radius 2 is 1.89 bits per heavy atom. The maximum absolute atomic E-state index is 13.3. The average Bonchev–Trinajstić information content (AvgIpc) is 2.88. The predicted octanol–water partition coefficient (Wildman–Crippen LogP) is 2.90. The third-order valence-electron chi connectivity index (χ3n) is 6.87. The third-order valence-corrected chi connectivity index (χ3v) is 9.16. The van der Waals surface area contributed by atoms with E-state index in [0.717, 1.165) is 89.9 Å². The molecular formula is C25H43N5O3S2. The zero-order valence-corrected chi connectivity index (χ0v) is 22.6. The number of unbranched alkanes of at least 4 members (excludes halogenated alkanes) is 3. The number of ether oxygens (including phenoxy) is 1. The minimum atomic E-state index is -3.24. The van der Waals surface area contributed by atoms with Crippen LogP contribution < -0.4 is 10.6 Å². The summed E-state index contributed by atoms with van der Waals surface area (Å²) in [6, 6.07) is 4.10. The van der Waals surface area contributed by atoms with Gasteiger partial charge in [0.05, 0.1) is 19.0 Å². The first-order chi connectivity index (χ1) is 17.0. The topological polar surface area (TPSA) is 86.8 Å². The first kappa shape index (κ1) is 28.2. The monoisotopic (exact) mass is 525 g/mol. The van der Waals surface area contributed by atoms with Crippen LogP contribution in [0.1, 0.15) is 63.4 Å². The number of aromatic nitrogens is 1. The highest BCUT2D eigenvalue weighted by molar-refractivity contribution is 7.89. The number of pyridine rings is 1. The molecule has 0 amide bonds. The lowest BCUT2D eigenvalue weighted by molar-refractivity contribution is 0.0348. The first-order valence-corrected chi connectivity index (χ1v) is 15.3. The second-order valence-electron chi connectivity index (χ2n) is 9.56. The molecule has 1 saturated carbocycles. The van der Waals surface area contributed by atoms with E-state index in [0.29, 0.717) is 24.6 Å². The number of sulfonamides is 1. The van der Waals surface area contributed by atoms with Gasteiger partial charge in [-0.05, 0) is 49.5 Å². The van der Waals surface area contributed by atoms with Gasteiger partial charge < -0.3 is 15.4 Å². The molecule has 1 aliphatic heterocycles. The number of hydrogen-bond donors (Lipinski definition) is 2. The number of rotatable bonds is 14. The molecule has 2 aliphatic rings. The van der Waals surface area contributed by atoms with Gasteiger partial charge in [-0.15, -0.1) is 0 Å². The molecular weight excluding hydrogens is 482 g/mol. The van der Waals surface area contributed by atoms with Gasteiger partial charge in [0.2, 0.25) is 10.0 Å². The fourth-order valence-electron chi connectivity index (χ4n) is 4.81. The third kappa shape index (κ3) is 10.7. The summed E-state index contributed by atoms with van der Waals surface area (Å²) in [6.07, 6.45) is 12.7. The van der Waals surface area contributed by atoms with Crippen LogP contribution in [0.4, 0.5) is 0 Å². The molecule has 0 radical (unpaired) electrons. The zero-order valence-electron chi connectivity index (χ0n) is 21.0. The number of nitrogens with zero attached hydrogens (tertiary/aromatic N) is 3. The molecule has 198 valence electrons. The minimum Gasteiger partial charge on any atom is -0.379 e. The molecule has 2 N–H and O–H groups in total. The summed E-state index contributed by atoms with van der Waals surface area (Å²) in [6.45, 7) is 6.15. The number of thiocarbonyl (C=S) groups is 1. The predicted molar refractivity (Wildman–Crippen MR) is 145 cm³/mol. The maximum atomic E-state index is 13.3. The molecule has 0 bridgehead atoms. The molecule has 8 nitrogen and oxygen atoms in total. The molecule has 0 spiro atoms. The van der Waals surface area contributed by atoms with Crippen LogP contribution in [0.25, 0.3) is 0 Å². The molecule has 35 heavy (non-hydrogen) atoms. The zero-order chi connectivity index (χ0) is 24.8. The Balaban J connectivity index is 1.32. The van der Waals surface area contributed by atoms with Crippen LogP contribution >= 0.6 is 12.2 Å². The average molecular weight is 526 g/mol. The van der Waals surface area contributed by atoms with Gasteiger partial charge in [-0.25, -0.2) is 8.42 Å². The molecule has 2 heterocycles. The van der Waals surface area contributed by atoms with Gasteiger partial charge in [-0.1, -0.05) is 38.2 Å². The van der Waals surface area contributed by atoms with Crippen molar-refractivity contribution in [3.05, 3.63) is 30.1 Å². The summed E-state index contributed by atoms with van der Waals surface area (Å²) in [4.78, 5) is 6.43. The van der Waals surface area contributed by atoms with E-state index in [1.54, 1.807) is 6.20 Å². The van der Waals surface area contributed by atoms with Gasteiger partial charge in [0, 0.05) is 57.7 Å². The van der Waals surface area contributed by atoms with Crippen LogP contribution in [-0.2, 0) is 21.3 Å². The molecule has 0 unspecified atom stereocenters. The number of hydrogen-bond acceptors (Lipinski definition) is 6. The Bertz CT molecular complexity index is 829. The van der Waals surface area contributed by atoms with Gasteiger partial charge in [0.1, 0.15) is 0 Å². The van der Waals surface area contributed by atoms with Crippen LogP contribution in [0.3, 0.4) is 0 Å². The van der Waals surface area contributed by atoms with E-state index < -0.39 is 10.0 Å². The van der Waals surface area contributed by atoms with Crippen molar-refractivity contribution in [2.24, 2.45) is 0 Å². The van der Waals surface area contributed by atoms with Crippen molar-refractivity contribution in [3.63, 3.8) is 0 Å². The summed E-state index contributed by atoms with van der Waals surface area (Å²) in [7, 11) is -3.24. The highest BCUT2D eigenvalue weighted by Crippen LogP contribution is 2.25. The Kier molecular flexibility index (Phi) is 12.7. The Morgan fingerprint density at radius 1 is 1.11 bits per heavy atom. The SMILES string of the molecule is O=S(=O)(CCCCCCNC(=S)NCc1cccnc1)N(CCN1CCOCC1)C1CCCCC1. The summed E-state index contributed by atoms with van der Waals surface area (Å²) < 4.78 is 33.9. The van der Waals surface area contributed by atoms with Crippen LogP contribution in [0.5, 0.6) is 0 Å². The summed E-state index contributed by atoms with van der Waals surface area (Å²) in [5.74, 6) is 0.255. The number of nitrogens with one attached hydrogen (secondary N) is 2. The lowest BCUT2D eigenvalue weighted by Crippen LogP contribution is -2.48. The fraction of sp³-hybridized carbons (Fsp3) is 0.760. The Labute approximate surface area is 217 Å². The quantitative estimate of drug-likeness (QED) is 0.283. The minimum absolute atomic E-state index is 0.180. The van der Waals surface area contributed by atoms with E-state index in [2.05, 4.69) is 20.5 Å². The summed E-state index contributed by atoms with van der Waals surface area (Å²) in [5.41, 5.74) is 1.09. The largest absolute Gasteiger partial charge is 0.379 e. The van der Waals surface area contributed by atoms with Crippen molar-refractivity contribution in [1.82, 2.24) is 24.8 Å². The fourth-order valence-corrected chi connectivity index (χ4v) is 6.81. The Hall–Kier alpha value is -1.33. The lowest BCUT2D eigenvalue weighted by Gasteiger charge is -2.35. The molecule has 1 saturated heterocycles. The molecule has 0 aromatic carbocycles. The van der Waals surface area contributed by atoms with Crippen LogP contribution in [0.2, 0.25) is 0 Å². The standard InChI is InChI=1S/C25H43N5O3S2/c31-35(32,30(24-10-4-3-5-11-24)15-14-29-16-18-33-19-17-29)20-7-2-1-6-13-27-25(34)28-22-23-9-8-12-26-21-23/h8-9,12,21,24H,1-7,10-11,13-20,22H2,(H2,27,28,34). The second kappa shape index (κ2) is 15.7. The lowest BCUT2D eigenvalue weighted by atomic mass is 9.95. The van der Waals surface area contributed by atoms with Crippen molar-refractivity contribution in [1.29, 1.82) is 0 Å². The van der Waals surface area contributed by atoms with E-state index >= 15 is 0 Å². The summed E-state index contributed by atoms with van der Waals surface area (Å²) in [5, 5.41) is 7.05. The molecule has 1 aromatic rings. The van der Waals surface area contributed by atoms with Gasteiger partial charge in [-0.3, -0.25) is 9.88 Å². The highest BCUT2D eigenvalue weighted by atomic mass is 32.2. The van der Waals surface area contributed by atoms with Crippen molar-refractivity contribution in [2.45, 2.75) is 70.4 Å². The van der Waals surface area contributed by atoms with Gasteiger partial charge in [0.15, 0.2) is 5.11 Å². The summed E-state index contributed by atoms with van der Waals surface area (Å²) >= 11 is 5.33. The molecule has 1 aromatic heterocycles. The second-order valence-corrected chi connectivity index (χ2v) is 12.0. The molecule has 10 heteroatoms. The maximum Gasteiger partial charge on any atom is 0.214 e. The van der Waals surface area contributed by atoms with Crippen LogP contribution in [-0.4, -0.2) is 85.5 Å². The molecule has 0 atom stereocenters. The number of morpholine rings is 1. The molecule has 1 aliphatic carbocycles. The van der Waals surface area contributed by atoms with Crippen LogP contribution in [0, 0.1) is 0 Å². The normalized spacial score (nSPS) is 18.0. The van der Waals surface area contributed by atoms with Crippen LogP contribution in [0.15, 0.2) is 24.5 Å². The van der Waals surface area contributed by atoms with Crippen molar-refractivity contribution >= 4 is 27.4 Å². The molecule has 3 rings (SSSR count). The van der Waals surface area contributed by atoms with E-state index in [1.807, 2.05) is 22.6 Å². The smallest absolute Gasteiger partial charge is 0.214 e. The van der Waals surface area contributed by atoms with Gasteiger partial charge in [-0.2, -0.15) is 4.31 Å². The Morgan fingerprint density at radius 3 is 2.63 bits per heavy atom. The van der Waals surface area contributed by atoms with E-state index in [1.165, 1.54) is 6.42 Å². The van der Waals surface area contributed by atoms with E-state index in [-0.39, 0.29) is 11.8 Å². The molecule has 2 fully saturated rings. The van der Waals surface area contributed by atoms with Crippen molar-refractivity contribution in [2.75, 3.05) is 51.7 Å². The van der Waals surface area contributed by atoms with Crippen molar-refractivity contribution < 1.29 is 13.2 Å². The van der Waals surface area contributed by atoms with E-state index in [4.69, 9.17) is 17.0 Å². The first-order valence-electron chi connectivity index (χ1n) is 13.2.